The van der Waals surface area contributed by atoms with E-state index in [1.54, 1.807) is 19.1 Å². The van der Waals surface area contributed by atoms with Crippen LogP contribution in [0.3, 0.4) is 0 Å². The first-order chi connectivity index (χ1) is 7.04. The number of rotatable bonds is 3. The molecule has 4 heteroatoms. The summed E-state index contributed by atoms with van der Waals surface area (Å²) in [4.78, 5) is 11.3. The number of hydrogen-bond donors (Lipinski definition) is 1. The van der Waals surface area contributed by atoms with Crippen LogP contribution in [0.1, 0.15) is 18.1 Å². The molecule has 0 bridgehead atoms. The Balaban J connectivity index is 2.90. The van der Waals surface area contributed by atoms with Gasteiger partial charge in [0.25, 0.3) is 0 Å². The molecule has 0 radical (unpaired) electrons. The number of aryl methyl sites for hydroxylation is 1. The zero-order valence-electron chi connectivity index (χ0n) is 8.84. The normalized spacial score (nSPS) is 10.1. The van der Waals surface area contributed by atoms with Crippen LogP contribution in [0.5, 0.6) is 0 Å². The van der Waals surface area contributed by atoms with Crippen LogP contribution in [-0.4, -0.2) is 12.6 Å². The second kappa shape index (κ2) is 5.03. The predicted molar refractivity (Wildman–Crippen MR) is 60.9 cm³/mol. The second-order valence-electron chi connectivity index (χ2n) is 3.27. The first kappa shape index (κ1) is 11.9. The Morgan fingerprint density at radius 2 is 2.20 bits per heavy atom. The number of nitrogens with two attached hydrogens (primary N) is 1. The largest absolute Gasteiger partial charge is 0.466 e. The minimum absolute atomic E-state index is 0.197. The minimum atomic E-state index is -0.269. The summed E-state index contributed by atoms with van der Waals surface area (Å²) in [5.74, 6) is -0.269. The Hall–Kier alpha value is -1.22. The number of carbonyl (C=O) groups is 1. The van der Waals surface area contributed by atoms with Gasteiger partial charge in [0.05, 0.1) is 13.0 Å². The van der Waals surface area contributed by atoms with Crippen molar-refractivity contribution in [1.82, 2.24) is 0 Å². The van der Waals surface area contributed by atoms with Gasteiger partial charge >= 0.3 is 5.97 Å². The Morgan fingerprint density at radius 3 is 2.73 bits per heavy atom. The summed E-state index contributed by atoms with van der Waals surface area (Å²) in [6.45, 7) is 4.03. The lowest BCUT2D eigenvalue weighted by atomic mass is 10.0. The third-order valence-electron chi connectivity index (χ3n) is 2.10. The average Bonchev–Trinajstić information content (AvgIpc) is 2.11. The van der Waals surface area contributed by atoms with Gasteiger partial charge in [0.15, 0.2) is 0 Å². The third-order valence-corrected chi connectivity index (χ3v) is 2.32. The van der Waals surface area contributed by atoms with E-state index in [9.17, 15) is 4.79 Å². The van der Waals surface area contributed by atoms with Crippen molar-refractivity contribution in [3.05, 3.63) is 28.3 Å². The number of anilines is 1. The molecule has 82 valence electrons. The average molecular weight is 228 g/mol. The fraction of sp³-hybridized carbons (Fsp3) is 0.364. The van der Waals surface area contributed by atoms with Crippen molar-refractivity contribution < 1.29 is 9.53 Å². The van der Waals surface area contributed by atoms with Gasteiger partial charge in [-0.2, -0.15) is 0 Å². The lowest BCUT2D eigenvalue weighted by molar-refractivity contribution is -0.142. The highest BCUT2D eigenvalue weighted by Gasteiger charge is 2.10. The van der Waals surface area contributed by atoms with Crippen molar-refractivity contribution in [2.24, 2.45) is 0 Å². The third kappa shape index (κ3) is 3.13. The van der Waals surface area contributed by atoms with Crippen LogP contribution in [0.2, 0.25) is 5.02 Å². The van der Waals surface area contributed by atoms with E-state index < -0.39 is 0 Å². The molecule has 0 heterocycles. The summed E-state index contributed by atoms with van der Waals surface area (Å²) < 4.78 is 4.86. The summed E-state index contributed by atoms with van der Waals surface area (Å²) in [6, 6.07) is 3.43. The molecule has 1 aromatic rings. The lowest BCUT2D eigenvalue weighted by Gasteiger charge is -2.09. The Labute approximate surface area is 94.2 Å². The van der Waals surface area contributed by atoms with E-state index in [4.69, 9.17) is 22.1 Å². The molecule has 0 spiro atoms. The Bertz CT molecular complexity index is 354. The maximum atomic E-state index is 11.3. The summed E-state index contributed by atoms with van der Waals surface area (Å²) in [7, 11) is 0. The molecule has 0 atom stereocenters. The van der Waals surface area contributed by atoms with E-state index in [2.05, 4.69) is 0 Å². The molecule has 0 aliphatic carbocycles. The van der Waals surface area contributed by atoms with Crippen LogP contribution in [0, 0.1) is 6.92 Å². The molecule has 0 unspecified atom stereocenters. The summed E-state index contributed by atoms with van der Waals surface area (Å²) >= 11 is 5.82. The lowest BCUT2D eigenvalue weighted by Crippen LogP contribution is -2.10. The molecule has 1 rings (SSSR count). The first-order valence-electron chi connectivity index (χ1n) is 4.74. The van der Waals surface area contributed by atoms with Gasteiger partial charge in [-0.15, -0.1) is 0 Å². The van der Waals surface area contributed by atoms with E-state index >= 15 is 0 Å². The maximum Gasteiger partial charge on any atom is 0.310 e. The monoisotopic (exact) mass is 227 g/mol. The Morgan fingerprint density at radius 1 is 1.53 bits per heavy atom. The van der Waals surface area contributed by atoms with Gasteiger partial charge in [0, 0.05) is 10.7 Å². The molecular weight excluding hydrogens is 214 g/mol. The molecule has 15 heavy (non-hydrogen) atoms. The minimum Gasteiger partial charge on any atom is -0.466 e. The summed E-state index contributed by atoms with van der Waals surface area (Å²) in [5, 5.41) is 0.581. The highest BCUT2D eigenvalue weighted by atomic mass is 35.5. The molecule has 3 nitrogen and oxygen atoms in total. The fourth-order valence-corrected chi connectivity index (χ4v) is 1.68. The number of esters is 1. The number of benzene rings is 1. The van der Waals surface area contributed by atoms with Gasteiger partial charge in [-0.1, -0.05) is 11.6 Å². The van der Waals surface area contributed by atoms with Crippen LogP contribution < -0.4 is 5.73 Å². The number of carbonyl (C=O) groups excluding carboxylic acids is 1. The first-order valence-corrected chi connectivity index (χ1v) is 5.12. The molecule has 0 amide bonds. The fourth-order valence-electron chi connectivity index (χ4n) is 1.40. The quantitative estimate of drug-likeness (QED) is 0.637. The molecule has 0 aromatic heterocycles. The standard InChI is InChI=1S/C11H14ClNO2/c1-3-15-11(14)6-9-7(2)4-8(12)5-10(9)13/h4-5H,3,6,13H2,1-2H3. The van der Waals surface area contributed by atoms with Gasteiger partial charge in [-0.25, -0.2) is 0 Å². The van der Waals surface area contributed by atoms with Gasteiger partial charge in [0.2, 0.25) is 0 Å². The number of ether oxygens (including phenoxy) is 1. The molecule has 0 aliphatic rings. The van der Waals surface area contributed by atoms with E-state index in [1.807, 2.05) is 6.92 Å². The topological polar surface area (TPSA) is 52.3 Å². The number of nitrogen functional groups attached to an aromatic ring is 1. The van der Waals surface area contributed by atoms with Gasteiger partial charge < -0.3 is 10.5 Å². The predicted octanol–water partition coefficient (Wildman–Crippen LogP) is 2.34. The SMILES string of the molecule is CCOC(=O)Cc1c(C)cc(Cl)cc1N. The van der Waals surface area contributed by atoms with Crippen LogP contribution in [0.15, 0.2) is 12.1 Å². The van der Waals surface area contributed by atoms with Crippen molar-refractivity contribution in [2.45, 2.75) is 20.3 Å². The molecule has 0 fully saturated rings. The Kier molecular flexibility index (Phi) is 3.97. The van der Waals surface area contributed by atoms with Crippen molar-refractivity contribution in [3.8, 4) is 0 Å². The van der Waals surface area contributed by atoms with Crippen molar-refractivity contribution in [1.29, 1.82) is 0 Å². The second-order valence-corrected chi connectivity index (χ2v) is 3.71. The zero-order chi connectivity index (χ0) is 11.4. The molecule has 2 N–H and O–H groups in total. The van der Waals surface area contributed by atoms with Gasteiger partial charge in [-0.3, -0.25) is 4.79 Å². The smallest absolute Gasteiger partial charge is 0.310 e. The van der Waals surface area contributed by atoms with Crippen LogP contribution in [0.4, 0.5) is 5.69 Å². The molecule has 1 aromatic carbocycles. The maximum absolute atomic E-state index is 11.3. The molecule has 0 saturated carbocycles. The van der Waals surface area contributed by atoms with E-state index in [1.165, 1.54) is 0 Å². The molecule has 0 aliphatic heterocycles. The van der Waals surface area contributed by atoms with Crippen LogP contribution >= 0.6 is 11.6 Å². The van der Waals surface area contributed by atoms with Crippen LogP contribution in [-0.2, 0) is 16.0 Å². The van der Waals surface area contributed by atoms with Crippen molar-refractivity contribution in [3.63, 3.8) is 0 Å². The summed E-state index contributed by atoms with van der Waals surface area (Å²) in [6.07, 6.45) is 0.197. The van der Waals surface area contributed by atoms with E-state index in [0.29, 0.717) is 17.3 Å². The zero-order valence-corrected chi connectivity index (χ0v) is 9.60. The number of halogens is 1. The van der Waals surface area contributed by atoms with E-state index in [-0.39, 0.29) is 12.4 Å². The number of hydrogen-bond acceptors (Lipinski definition) is 3. The highest BCUT2D eigenvalue weighted by Crippen LogP contribution is 2.23. The molecule has 0 saturated heterocycles. The van der Waals surface area contributed by atoms with Crippen molar-refractivity contribution in [2.75, 3.05) is 12.3 Å². The molecular formula is C11H14ClNO2. The van der Waals surface area contributed by atoms with Gasteiger partial charge in [0.1, 0.15) is 0 Å². The summed E-state index contributed by atoms with van der Waals surface area (Å²) in [5.41, 5.74) is 8.01. The van der Waals surface area contributed by atoms with Gasteiger partial charge in [-0.05, 0) is 37.1 Å². The highest BCUT2D eigenvalue weighted by molar-refractivity contribution is 6.31. The van der Waals surface area contributed by atoms with Crippen molar-refractivity contribution >= 4 is 23.3 Å². The van der Waals surface area contributed by atoms with E-state index in [0.717, 1.165) is 11.1 Å². The van der Waals surface area contributed by atoms with Crippen LogP contribution in [0.25, 0.3) is 0 Å².